The quantitative estimate of drug-likeness (QED) is 0.881. The summed E-state index contributed by atoms with van der Waals surface area (Å²) >= 11 is 0. The van der Waals surface area contributed by atoms with Crippen molar-refractivity contribution in [1.82, 2.24) is 4.90 Å². The molecule has 118 valence electrons. The Labute approximate surface area is 129 Å². The first-order chi connectivity index (χ1) is 10.5. The van der Waals surface area contributed by atoms with E-state index >= 15 is 0 Å². The second-order valence-corrected chi connectivity index (χ2v) is 5.94. The summed E-state index contributed by atoms with van der Waals surface area (Å²) in [6.45, 7) is 7.44. The second kappa shape index (κ2) is 5.74. The number of benzene rings is 1. The predicted molar refractivity (Wildman–Crippen MR) is 84.2 cm³/mol. The molecule has 0 radical (unpaired) electrons. The van der Waals surface area contributed by atoms with E-state index in [4.69, 9.17) is 9.15 Å². The molecule has 1 aliphatic rings. The summed E-state index contributed by atoms with van der Waals surface area (Å²) in [7, 11) is 0. The maximum atomic E-state index is 11.7. The van der Waals surface area contributed by atoms with Crippen LogP contribution in [0.4, 0.5) is 0 Å². The van der Waals surface area contributed by atoms with E-state index in [0.29, 0.717) is 18.9 Å². The number of ether oxygens (including phenoxy) is 1. The van der Waals surface area contributed by atoms with Gasteiger partial charge in [0.05, 0.1) is 6.10 Å². The van der Waals surface area contributed by atoms with Crippen molar-refractivity contribution in [3.63, 3.8) is 0 Å². The number of hydrogen-bond donors (Lipinski definition) is 1. The molecule has 1 aromatic heterocycles. The normalized spacial score (nSPS) is 16.4. The molecule has 2 aromatic rings. The summed E-state index contributed by atoms with van der Waals surface area (Å²) in [5.74, 6) is 0.797. The fourth-order valence-electron chi connectivity index (χ4n) is 3.12. The number of aliphatic hydroxyl groups is 1. The van der Waals surface area contributed by atoms with E-state index in [1.54, 1.807) is 13.0 Å². The van der Waals surface area contributed by atoms with Crippen molar-refractivity contribution in [2.45, 2.75) is 39.8 Å². The Morgan fingerprint density at radius 1 is 1.41 bits per heavy atom. The zero-order valence-corrected chi connectivity index (χ0v) is 13.2. The van der Waals surface area contributed by atoms with Gasteiger partial charge in [-0.2, -0.15) is 0 Å². The van der Waals surface area contributed by atoms with Crippen molar-refractivity contribution in [2.24, 2.45) is 0 Å². The van der Waals surface area contributed by atoms with E-state index in [1.807, 2.05) is 19.9 Å². The Bertz CT molecular complexity index is 763. The van der Waals surface area contributed by atoms with Crippen LogP contribution < -0.4 is 10.4 Å². The zero-order chi connectivity index (χ0) is 15.9. The average molecular weight is 303 g/mol. The van der Waals surface area contributed by atoms with Gasteiger partial charge in [0.15, 0.2) is 0 Å². The van der Waals surface area contributed by atoms with Gasteiger partial charge in [0.25, 0.3) is 0 Å². The minimum absolute atomic E-state index is 0.320. The van der Waals surface area contributed by atoms with Gasteiger partial charge in [0.1, 0.15) is 18.1 Å². The van der Waals surface area contributed by atoms with Crippen molar-refractivity contribution in [2.75, 3.05) is 13.3 Å². The highest BCUT2D eigenvalue weighted by molar-refractivity contribution is 5.86. The Morgan fingerprint density at radius 3 is 2.86 bits per heavy atom. The molecule has 0 spiro atoms. The monoisotopic (exact) mass is 303 g/mol. The Kier molecular flexibility index (Phi) is 3.93. The molecule has 0 fully saturated rings. The highest BCUT2D eigenvalue weighted by atomic mass is 16.5. The molecule has 1 aromatic carbocycles. The summed E-state index contributed by atoms with van der Waals surface area (Å²) < 4.78 is 11.2. The topological polar surface area (TPSA) is 62.9 Å². The van der Waals surface area contributed by atoms with Gasteiger partial charge < -0.3 is 14.3 Å². The first-order valence-electron chi connectivity index (χ1n) is 7.62. The average Bonchev–Trinajstić information content (AvgIpc) is 2.47. The predicted octanol–water partition coefficient (Wildman–Crippen LogP) is 2.20. The van der Waals surface area contributed by atoms with Gasteiger partial charge >= 0.3 is 5.63 Å². The molecule has 2 heterocycles. The zero-order valence-electron chi connectivity index (χ0n) is 13.2. The van der Waals surface area contributed by atoms with Crippen LogP contribution in [0.5, 0.6) is 5.75 Å². The number of β-amino-alcohol motifs (C(OH)–C–C–N with tert-alkyl or cyclic N) is 1. The maximum Gasteiger partial charge on any atom is 0.336 e. The molecule has 1 N–H and O–H groups in total. The van der Waals surface area contributed by atoms with Crippen LogP contribution in [0.25, 0.3) is 11.0 Å². The lowest BCUT2D eigenvalue weighted by Crippen LogP contribution is -2.37. The molecule has 0 unspecified atom stereocenters. The largest absolute Gasteiger partial charge is 0.477 e. The highest BCUT2D eigenvalue weighted by Crippen LogP contribution is 2.35. The summed E-state index contributed by atoms with van der Waals surface area (Å²) in [6, 6.07) is 3.61. The van der Waals surface area contributed by atoms with Crippen LogP contribution in [0.3, 0.4) is 0 Å². The van der Waals surface area contributed by atoms with Crippen LogP contribution in [0.1, 0.15) is 30.5 Å². The van der Waals surface area contributed by atoms with Crippen LogP contribution >= 0.6 is 0 Å². The number of rotatable bonds is 3. The smallest absolute Gasteiger partial charge is 0.336 e. The first-order valence-corrected chi connectivity index (χ1v) is 7.62. The van der Waals surface area contributed by atoms with Crippen molar-refractivity contribution < 1.29 is 14.3 Å². The Balaban J connectivity index is 2.12. The molecule has 0 saturated heterocycles. The van der Waals surface area contributed by atoms with Gasteiger partial charge in [-0.25, -0.2) is 4.79 Å². The minimum atomic E-state index is -0.393. The molecular weight excluding hydrogens is 282 g/mol. The molecule has 5 heteroatoms. The van der Waals surface area contributed by atoms with E-state index in [0.717, 1.165) is 40.8 Å². The van der Waals surface area contributed by atoms with Gasteiger partial charge in [-0.05, 0) is 31.9 Å². The molecule has 22 heavy (non-hydrogen) atoms. The standard InChI is InChI=1S/C17H21NO4/c1-4-12-6-15(20)22-17-11(3)16-13(5-14(12)17)8-18(9-21-16)7-10(2)19/h5-6,10,19H,4,7-9H2,1-3H3/t10-/m1/s1. The number of nitrogens with zero attached hydrogens (tertiary/aromatic N) is 1. The summed E-state index contributed by atoms with van der Waals surface area (Å²) in [5.41, 5.74) is 3.23. The van der Waals surface area contributed by atoms with Crippen LogP contribution in [0, 0.1) is 6.92 Å². The van der Waals surface area contributed by atoms with Crippen LogP contribution in [-0.4, -0.2) is 29.4 Å². The van der Waals surface area contributed by atoms with Crippen molar-refractivity contribution >= 4 is 11.0 Å². The SMILES string of the molecule is CCc1cc(=O)oc2c(C)c3c(cc12)CN(C[C@@H](C)O)CO3. The number of aliphatic hydroxyl groups excluding tert-OH is 1. The lowest BCUT2D eigenvalue weighted by atomic mass is 9.99. The van der Waals surface area contributed by atoms with Crippen molar-refractivity contribution in [3.05, 3.63) is 39.2 Å². The third kappa shape index (κ3) is 2.62. The van der Waals surface area contributed by atoms with E-state index in [9.17, 15) is 9.90 Å². The third-order valence-electron chi connectivity index (χ3n) is 4.07. The lowest BCUT2D eigenvalue weighted by molar-refractivity contribution is 0.0498. The molecule has 1 aliphatic heterocycles. The van der Waals surface area contributed by atoms with E-state index in [-0.39, 0.29) is 5.63 Å². The molecule has 5 nitrogen and oxygen atoms in total. The molecule has 0 aliphatic carbocycles. The Morgan fingerprint density at radius 2 is 2.18 bits per heavy atom. The first kappa shape index (κ1) is 15.1. The molecule has 3 rings (SSSR count). The fourth-order valence-corrected chi connectivity index (χ4v) is 3.12. The number of hydrogen-bond acceptors (Lipinski definition) is 5. The van der Waals surface area contributed by atoms with Gasteiger partial charge in [-0.15, -0.1) is 0 Å². The minimum Gasteiger partial charge on any atom is -0.477 e. The van der Waals surface area contributed by atoms with Crippen LogP contribution in [-0.2, 0) is 13.0 Å². The van der Waals surface area contributed by atoms with Crippen LogP contribution in [0.2, 0.25) is 0 Å². The number of aryl methyl sites for hydroxylation is 2. The lowest BCUT2D eigenvalue weighted by Gasteiger charge is -2.31. The van der Waals surface area contributed by atoms with Crippen LogP contribution in [0.15, 0.2) is 21.3 Å². The van der Waals surface area contributed by atoms with E-state index in [2.05, 4.69) is 4.90 Å². The second-order valence-electron chi connectivity index (χ2n) is 5.94. The molecule has 0 saturated carbocycles. The van der Waals surface area contributed by atoms with Gasteiger partial charge in [-0.3, -0.25) is 4.90 Å². The number of fused-ring (bicyclic) bond motifs is 2. The summed E-state index contributed by atoms with van der Waals surface area (Å²) in [6.07, 6.45) is 0.384. The molecular formula is C17H21NO4. The maximum absolute atomic E-state index is 11.7. The van der Waals surface area contributed by atoms with Crippen molar-refractivity contribution in [3.8, 4) is 5.75 Å². The van der Waals surface area contributed by atoms with Gasteiger partial charge in [0.2, 0.25) is 0 Å². The van der Waals surface area contributed by atoms with E-state index < -0.39 is 6.10 Å². The third-order valence-corrected chi connectivity index (χ3v) is 4.07. The Hall–Kier alpha value is -1.85. The summed E-state index contributed by atoms with van der Waals surface area (Å²) in [5, 5.41) is 10.5. The fraction of sp³-hybridized carbons (Fsp3) is 0.471. The van der Waals surface area contributed by atoms with Gasteiger partial charge in [-0.1, -0.05) is 6.92 Å². The van der Waals surface area contributed by atoms with Crippen molar-refractivity contribution in [1.29, 1.82) is 0 Å². The van der Waals surface area contributed by atoms with E-state index in [1.165, 1.54) is 0 Å². The molecule has 0 bridgehead atoms. The highest BCUT2D eigenvalue weighted by Gasteiger charge is 2.23. The summed E-state index contributed by atoms with van der Waals surface area (Å²) in [4.78, 5) is 13.8. The molecule has 1 atom stereocenters. The van der Waals surface area contributed by atoms with Gasteiger partial charge in [0, 0.05) is 35.7 Å². The molecule has 0 amide bonds.